The van der Waals surface area contributed by atoms with Crippen LogP contribution in [0.1, 0.15) is 66.7 Å². The van der Waals surface area contributed by atoms with Gasteiger partial charge in [0.25, 0.3) is 0 Å². The number of nitrogens with one attached hydrogen (secondary N) is 3. The highest BCUT2D eigenvalue weighted by Gasteiger charge is 2.25. The summed E-state index contributed by atoms with van der Waals surface area (Å²) < 4.78 is 0. The van der Waals surface area contributed by atoms with E-state index >= 15 is 0 Å². The maximum Gasteiger partial charge on any atom is 0.327 e. The number of urea groups is 1. The van der Waals surface area contributed by atoms with Gasteiger partial charge in [0.15, 0.2) is 0 Å². The third-order valence-corrected chi connectivity index (χ3v) is 5.97. The van der Waals surface area contributed by atoms with Crippen LogP contribution in [0.2, 0.25) is 0 Å². The van der Waals surface area contributed by atoms with Crippen LogP contribution < -0.4 is 21.7 Å². The molecule has 0 aliphatic rings. The fourth-order valence-corrected chi connectivity index (χ4v) is 4.03. The third kappa shape index (κ3) is 18.3. The molecule has 10 heteroatoms. The number of carboxylic acids is 1. The lowest BCUT2D eigenvalue weighted by Crippen LogP contribution is -2.53. The Morgan fingerprint density at radius 3 is 2.03 bits per heavy atom. The van der Waals surface area contributed by atoms with Gasteiger partial charge in [0, 0.05) is 25.0 Å². The molecule has 9 nitrogen and oxygen atoms in total. The van der Waals surface area contributed by atoms with Crippen LogP contribution >= 0.6 is 11.8 Å². The van der Waals surface area contributed by atoms with Gasteiger partial charge in [0.2, 0.25) is 11.8 Å². The molecule has 0 aromatic carbocycles. The number of aliphatic carboxylic acids is 1. The van der Waals surface area contributed by atoms with Crippen molar-refractivity contribution in [2.45, 2.75) is 78.8 Å². The molecule has 0 saturated carbocycles. The van der Waals surface area contributed by atoms with Gasteiger partial charge < -0.3 is 26.8 Å². The molecule has 0 heterocycles. The minimum Gasteiger partial charge on any atom is -0.480 e. The highest BCUT2D eigenvalue weighted by Crippen LogP contribution is 2.13. The lowest BCUT2D eigenvalue weighted by molar-refractivity contribution is -0.141. The van der Waals surface area contributed by atoms with Crippen LogP contribution in [0.5, 0.6) is 0 Å². The zero-order valence-corrected chi connectivity index (χ0v) is 22.4. The Morgan fingerprint density at radius 2 is 1.49 bits per heavy atom. The van der Waals surface area contributed by atoms with Gasteiger partial charge in [-0.05, 0) is 59.8 Å². The number of carbonyl (C=O) groups is 4. The first-order valence-electron chi connectivity index (χ1n) is 11.8. The Hall–Kier alpha value is -2.75. The van der Waals surface area contributed by atoms with E-state index in [2.05, 4.69) is 61.9 Å². The summed E-state index contributed by atoms with van der Waals surface area (Å²) in [4.78, 5) is 46.3. The summed E-state index contributed by atoms with van der Waals surface area (Å²) >= 11 is 1.41. The number of hydrogen-bond donors (Lipinski definition) is 5. The highest BCUT2D eigenvalue weighted by molar-refractivity contribution is 7.99. The lowest BCUT2D eigenvalue weighted by atomic mass is 10.1. The van der Waals surface area contributed by atoms with Crippen molar-refractivity contribution in [3.05, 3.63) is 34.9 Å². The van der Waals surface area contributed by atoms with E-state index in [0.29, 0.717) is 5.75 Å². The minimum absolute atomic E-state index is 0.0639. The van der Waals surface area contributed by atoms with Crippen LogP contribution in [0.3, 0.4) is 0 Å². The number of allylic oxidation sites excluding steroid dienone is 5. The average Bonchev–Trinajstić information content (AvgIpc) is 2.74. The Kier molecular flexibility index (Phi) is 17.1. The van der Waals surface area contributed by atoms with E-state index in [-0.39, 0.29) is 18.7 Å². The maximum atomic E-state index is 12.5. The van der Waals surface area contributed by atoms with E-state index in [0.717, 1.165) is 25.7 Å². The molecular weight excluding hydrogens is 468 g/mol. The summed E-state index contributed by atoms with van der Waals surface area (Å²) in [5.74, 6) is -1.41. The molecule has 0 aliphatic heterocycles. The van der Waals surface area contributed by atoms with Crippen LogP contribution in [0, 0.1) is 0 Å². The molecule has 0 fully saturated rings. The Labute approximate surface area is 213 Å². The van der Waals surface area contributed by atoms with Gasteiger partial charge in [-0.1, -0.05) is 34.9 Å². The van der Waals surface area contributed by atoms with E-state index < -0.39 is 35.9 Å². The van der Waals surface area contributed by atoms with Gasteiger partial charge in [0.1, 0.15) is 12.1 Å². The van der Waals surface area contributed by atoms with Crippen molar-refractivity contribution in [2.75, 3.05) is 18.1 Å². The van der Waals surface area contributed by atoms with Crippen LogP contribution in [-0.4, -0.2) is 59.1 Å². The molecule has 6 N–H and O–H groups in total. The first-order valence-corrected chi connectivity index (χ1v) is 12.9. The van der Waals surface area contributed by atoms with Crippen LogP contribution in [-0.2, 0) is 14.4 Å². The molecule has 2 atom stereocenters. The molecule has 35 heavy (non-hydrogen) atoms. The Morgan fingerprint density at radius 1 is 0.886 bits per heavy atom. The minimum atomic E-state index is -1.16. The zero-order valence-electron chi connectivity index (χ0n) is 21.6. The van der Waals surface area contributed by atoms with Crippen molar-refractivity contribution < 1.29 is 24.3 Å². The van der Waals surface area contributed by atoms with E-state index in [4.69, 9.17) is 5.73 Å². The molecule has 0 bridgehead atoms. The van der Waals surface area contributed by atoms with Gasteiger partial charge in [0.05, 0.1) is 0 Å². The summed E-state index contributed by atoms with van der Waals surface area (Å²) in [5, 5.41) is 16.8. The lowest BCUT2D eigenvalue weighted by Gasteiger charge is -2.21. The SMILES string of the molecule is CC(=O)N[C@H](CCNC(N)=O)C(=O)N[C@@H](CSC/C=C(\C)CC/C=C(\C)CCC=C(C)C)C(=O)O. The molecule has 198 valence electrons. The van der Waals surface area contributed by atoms with Gasteiger partial charge in [-0.25, -0.2) is 9.59 Å². The van der Waals surface area contributed by atoms with E-state index in [1.807, 2.05) is 0 Å². The summed E-state index contributed by atoms with van der Waals surface area (Å²) in [7, 11) is 0. The number of thioether (sulfide) groups is 1. The molecule has 0 aromatic heterocycles. The molecule has 0 saturated heterocycles. The predicted octanol–water partition coefficient (Wildman–Crippen LogP) is 3.27. The fraction of sp³-hybridized carbons (Fsp3) is 0.600. The Bertz CT molecular complexity index is 804. The monoisotopic (exact) mass is 510 g/mol. The molecule has 0 spiro atoms. The first kappa shape index (κ1) is 32.2. The normalized spacial score (nSPS) is 13.4. The second kappa shape index (κ2) is 18.6. The summed E-state index contributed by atoms with van der Waals surface area (Å²) in [6.45, 7) is 9.73. The number of rotatable bonds is 17. The number of carbonyl (C=O) groups excluding carboxylic acids is 3. The van der Waals surface area contributed by atoms with Gasteiger partial charge in [-0.15, -0.1) is 0 Å². The number of primary amides is 1. The Balaban J connectivity index is 4.60. The molecule has 0 radical (unpaired) electrons. The summed E-state index contributed by atoms with van der Waals surface area (Å²) in [6.07, 6.45) is 10.7. The average molecular weight is 511 g/mol. The molecule has 0 unspecified atom stereocenters. The molecule has 0 aliphatic carbocycles. The molecule has 0 rings (SSSR count). The number of amides is 4. The van der Waals surface area contributed by atoms with Crippen molar-refractivity contribution in [3.63, 3.8) is 0 Å². The van der Waals surface area contributed by atoms with Crippen molar-refractivity contribution in [1.82, 2.24) is 16.0 Å². The van der Waals surface area contributed by atoms with Crippen LogP contribution in [0.15, 0.2) is 34.9 Å². The second-order valence-corrected chi connectivity index (χ2v) is 9.80. The third-order valence-electron chi connectivity index (χ3n) is 5.00. The topological polar surface area (TPSA) is 151 Å². The van der Waals surface area contributed by atoms with Gasteiger partial charge in [-0.3, -0.25) is 9.59 Å². The van der Waals surface area contributed by atoms with Crippen molar-refractivity contribution in [3.8, 4) is 0 Å². The maximum absolute atomic E-state index is 12.5. The van der Waals surface area contributed by atoms with Gasteiger partial charge >= 0.3 is 12.0 Å². The zero-order chi connectivity index (χ0) is 26.8. The van der Waals surface area contributed by atoms with E-state index in [1.54, 1.807) is 0 Å². The molecule has 0 aromatic rings. The fourth-order valence-electron chi connectivity index (χ4n) is 3.03. The molecular formula is C25H42N4O5S. The standard InChI is InChI=1S/C25H42N4O5S/c1-17(2)8-6-9-18(3)10-7-11-19(4)13-15-35-16-22(24(32)33)29-23(31)21(28-20(5)30)12-14-27-25(26)34/h8,10,13,21-22H,6-7,9,11-12,14-16H2,1-5H3,(H,28,30)(H,29,31)(H,32,33)(H3,26,27,34)/b18-10+,19-13+/t21-,22+/m1/s1. The van der Waals surface area contributed by atoms with Crippen LogP contribution in [0.25, 0.3) is 0 Å². The van der Waals surface area contributed by atoms with E-state index in [9.17, 15) is 24.3 Å². The smallest absolute Gasteiger partial charge is 0.327 e. The first-order chi connectivity index (χ1) is 16.4. The quantitative estimate of drug-likeness (QED) is 0.150. The van der Waals surface area contributed by atoms with Gasteiger partial charge in [-0.2, -0.15) is 11.8 Å². The second-order valence-electron chi connectivity index (χ2n) is 8.73. The van der Waals surface area contributed by atoms with Crippen molar-refractivity contribution in [1.29, 1.82) is 0 Å². The highest BCUT2D eigenvalue weighted by atomic mass is 32.2. The van der Waals surface area contributed by atoms with Crippen molar-refractivity contribution in [2.24, 2.45) is 5.73 Å². The molecule has 4 amide bonds. The van der Waals surface area contributed by atoms with Crippen LogP contribution in [0.4, 0.5) is 4.79 Å². The summed E-state index contributed by atoms with van der Waals surface area (Å²) in [6, 6.07) is -2.83. The largest absolute Gasteiger partial charge is 0.480 e. The number of nitrogens with two attached hydrogens (primary N) is 1. The number of carboxylic acid groups (broad SMARTS) is 1. The predicted molar refractivity (Wildman–Crippen MR) is 142 cm³/mol. The van der Waals surface area contributed by atoms with E-state index in [1.165, 1.54) is 35.4 Å². The summed E-state index contributed by atoms with van der Waals surface area (Å²) in [5.41, 5.74) is 8.95. The number of hydrogen-bond acceptors (Lipinski definition) is 5. The van der Waals surface area contributed by atoms with Crippen molar-refractivity contribution >= 4 is 35.6 Å².